The summed E-state index contributed by atoms with van der Waals surface area (Å²) in [6.45, 7) is 7.82. The van der Waals surface area contributed by atoms with Crippen LogP contribution in [0.25, 0.3) is 0 Å². The van der Waals surface area contributed by atoms with Crippen LogP contribution in [0.2, 0.25) is 0 Å². The first-order valence-corrected chi connectivity index (χ1v) is 6.59. The lowest BCUT2D eigenvalue weighted by molar-refractivity contribution is -0.115. The normalized spacial score (nSPS) is 21.7. The van der Waals surface area contributed by atoms with Crippen LogP contribution < -0.4 is 5.73 Å². The van der Waals surface area contributed by atoms with Crippen LogP contribution in [0.15, 0.2) is 59.0 Å². The second-order valence-corrected chi connectivity index (χ2v) is 4.80. The van der Waals surface area contributed by atoms with E-state index in [2.05, 4.69) is 15.8 Å². The number of hydrogen-bond donors (Lipinski definition) is 1. The fraction of sp³-hybridized carbons (Fsp3) is 0.267. The number of ketones is 1. The van der Waals surface area contributed by atoms with Gasteiger partial charge < -0.3 is 5.73 Å². The van der Waals surface area contributed by atoms with Gasteiger partial charge in [-0.25, -0.2) is 0 Å². The summed E-state index contributed by atoms with van der Waals surface area (Å²) in [5, 5.41) is 0. The molecule has 0 aliphatic heterocycles. The van der Waals surface area contributed by atoms with Gasteiger partial charge in [-0.1, -0.05) is 36.7 Å². The van der Waals surface area contributed by atoms with Crippen molar-refractivity contribution < 1.29 is 4.79 Å². The summed E-state index contributed by atoms with van der Waals surface area (Å²) in [7, 11) is 2.51. The van der Waals surface area contributed by atoms with Crippen LogP contribution in [0.1, 0.15) is 20.3 Å². The van der Waals surface area contributed by atoms with Gasteiger partial charge in [0.15, 0.2) is 5.78 Å². The van der Waals surface area contributed by atoms with Gasteiger partial charge in [0.1, 0.15) is 0 Å². The molecule has 0 aromatic heterocycles. The highest BCUT2D eigenvalue weighted by molar-refractivity contribution is 7.20. The van der Waals surface area contributed by atoms with E-state index in [9.17, 15) is 4.79 Å². The zero-order valence-electron chi connectivity index (χ0n) is 10.9. The lowest BCUT2D eigenvalue weighted by Crippen LogP contribution is -2.14. The first kappa shape index (κ1) is 14.8. The number of allylic oxidation sites excluding steroid dienone is 7. The number of nitrogens with two attached hydrogens (primary N) is 1. The molecule has 2 atom stereocenters. The molecule has 96 valence electrons. The van der Waals surface area contributed by atoms with Gasteiger partial charge in [0.05, 0.1) is 0 Å². The minimum atomic E-state index is -0.0329. The first-order valence-electron chi connectivity index (χ1n) is 5.92. The third-order valence-corrected chi connectivity index (χ3v) is 3.08. The van der Waals surface area contributed by atoms with E-state index in [0.717, 1.165) is 22.3 Å². The lowest BCUT2D eigenvalue weighted by atomic mass is 9.83. The van der Waals surface area contributed by atoms with Gasteiger partial charge >= 0.3 is 0 Å². The molecule has 2 nitrogen and oxygen atoms in total. The summed E-state index contributed by atoms with van der Waals surface area (Å²) in [4.78, 5) is 11.9. The summed E-state index contributed by atoms with van der Waals surface area (Å²) in [5.41, 5.74) is 9.24. The molecule has 1 aliphatic carbocycles. The van der Waals surface area contributed by atoms with E-state index in [1.165, 1.54) is 0 Å². The summed E-state index contributed by atoms with van der Waals surface area (Å²) in [6.07, 6.45) is 8.03. The second kappa shape index (κ2) is 6.63. The van der Waals surface area contributed by atoms with Crippen molar-refractivity contribution in [3.63, 3.8) is 0 Å². The van der Waals surface area contributed by atoms with Gasteiger partial charge in [-0.2, -0.15) is 0 Å². The predicted octanol–water partition coefficient (Wildman–Crippen LogP) is 3.05. The molecule has 0 aromatic rings. The standard InChI is InChI=1S/C15H20NOP/c1-10(16)6-7-14-11(2)13(5-4-8-18)9-15(17)12(14)3/h4-8,10H,2,9,16,18H2,1,3H3/b7-6-,8-4-,13-5+. The Kier molecular flexibility index (Phi) is 5.46. The minimum absolute atomic E-state index is 0.0329. The van der Waals surface area contributed by atoms with Gasteiger partial charge in [0.25, 0.3) is 0 Å². The summed E-state index contributed by atoms with van der Waals surface area (Å²) < 4.78 is 0. The molecule has 3 heteroatoms. The van der Waals surface area contributed by atoms with Crippen LogP contribution in [0.3, 0.4) is 0 Å². The Morgan fingerprint density at radius 2 is 2.17 bits per heavy atom. The Hall–Kier alpha value is -1.24. The van der Waals surface area contributed by atoms with E-state index < -0.39 is 0 Å². The van der Waals surface area contributed by atoms with Gasteiger partial charge in [0, 0.05) is 18.0 Å². The van der Waals surface area contributed by atoms with Crippen molar-refractivity contribution in [3.05, 3.63) is 59.0 Å². The van der Waals surface area contributed by atoms with Crippen LogP contribution in [0, 0.1) is 0 Å². The first-order chi connectivity index (χ1) is 8.47. The highest BCUT2D eigenvalue weighted by Crippen LogP contribution is 2.31. The molecule has 1 rings (SSSR count). The Bertz CT molecular complexity index is 479. The summed E-state index contributed by atoms with van der Waals surface area (Å²) in [5.74, 6) is 2.00. The molecule has 0 saturated carbocycles. The maximum atomic E-state index is 11.9. The molecule has 2 unspecified atom stereocenters. The molecule has 0 heterocycles. The molecule has 2 N–H and O–H groups in total. The number of carbonyl (C=O) groups is 1. The Morgan fingerprint density at radius 3 is 2.72 bits per heavy atom. The maximum absolute atomic E-state index is 11.9. The van der Waals surface area contributed by atoms with Crippen molar-refractivity contribution in [2.24, 2.45) is 5.73 Å². The van der Waals surface area contributed by atoms with Crippen LogP contribution in [0.5, 0.6) is 0 Å². The zero-order chi connectivity index (χ0) is 13.7. The molecule has 18 heavy (non-hydrogen) atoms. The molecule has 0 saturated heterocycles. The molecular weight excluding hydrogens is 241 g/mol. The van der Waals surface area contributed by atoms with Crippen molar-refractivity contribution in [1.82, 2.24) is 0 Å². The Balaban J connectivity index is 3.16. The minimum Gasteiger partial charge on any atom is -0.325 e. The van der Waals surface area contributed by atoms with Crippen molar-refractivity contribution in [3.8, 4) is 0 Å². The van der Waals surface area contributed by atoms with Crippen molar-refractivity contribution >= 4 is 15.0 Å². The molecule has 0 spiro atoms. The SMILES string of the molecule is C=C1C(/C=C\C(C)N)=C(C)C(=O)C/C1=C\C=C/P. The Morgan fingerprint density at radius 1 is 1.50 bits per heavy atom. The third kappa shape index (κ3) is 3.63. The third-order valence-electron chi connectivity index (χ3n) is 2.86. The van der Waals surface area contributed by atoms with E-state index in [1.807, 2.05) is 44.0 Å². The monoisotopic (exact) mass is 261 g/mol. The fourth-order valence-corrected chi connectivity index (χ4v) is 1.88. The molecule has 0 aromatic carbocycles. The predicted molar refractivity (Wildman–Crippen MR) is 81.2 cm³/mol. The largest absolute Gasteiger partial charge is 0.325 e. The number of rotatable bonds is 3. The average Bonchev–Trinajstić information content (AvgIpc) is 2.31. The number of hydrogen-bond acceptors (Lipinski definition) is 2. The number of Topliss-reactive ketones (excluding diaryl/α,β-unsaturated/α-hetero) is 1. The van der Waals surface area contributed by atoms with E-state index in [4.69, 9.17) is 5.73 Å². The summed E-state index contributed by atoms with van der Waals surface area (Å²) >= 11 is 0. The molecule has 0 bridgehead atoms. The van der Waals surface area contributed by atoms with Crippen LogP contribution in [-0.2, 0) is 4.79 Å². The van der Waals surface area contributed by atoms with E-state index in [1.54, 1.807) is 0 Å². The van der Waals surface area contributed by atoms with Crippen LogP contribution in [-0.4, -0.2) is 11.8 Å². The van der Waals surface area contributed by atoms with Crippen LogP contribution in [0.4, 0.5) is 0 Å². The maximum Gasteiger partial charge on any atom is 0.163 e. The average molecular weight is 261 g/mol. The zero-order valence-corrected chi connectivity index (χ0v) is 12.1. The second-order valence-electron chi connectivity index (χ2n) is 4.41. The molecule has 0 radical (unpaired) electrons. The molecule has 1 aliphatic rings. The Labute approximate surface area is 111 Å². The van der Waals surface area contributed by atoms with Gasteiger partial charge in [-0.05, 0) is 30.6 Å². The lowest BCUT2D eigenvalue weighted by Gasteiger charge is -2.20. The van der Waals surface area contributed by atoms with E-state index >= 15 is 0 Å². The van der Waals surface area contributed by atoms with Crippen molar-refractivity contribution in [2.45, 2.75) is 26.3 Å². The molecule has 0 amide bonds. The van der Waals surface area contributed by atoms with Crippen molar-refractivity contribution in [1.29, 1.82) is 0 Å². The van der Waals surface area contributed by atoms with Gasteiger partial charge in [0.2, 0.25) is 0 Å². The number of carbonyl (C=O) groups excluding carboxylic acids is 1. The van der Waals surface area contributed by atoms with Crippen LogP contribution >= 0.6 is 9.24 Å². The fourth-order valence-electron chi connectivity index (χ4n) is 1.77. The van der Waals surface area contributed by atoms with Gasteiger partial charge in [-0.3, -0.25) is 4.79 Å². The molecular formula is C15H20NOP. The van der Waals surface area contributed by atoms with Crippen molar-refractivity contribution in [2.75, 3.05) is 0 Å². The van der Waals surface area contributed by atoms with Gasteiger partial charge in [-0.15, -0.1) is 9.24 Å². The summed E-state index contributed by atoms with van der Waals surface area (Å²) in [6, 6.07) is -0.0329. The topological polar surface area (TPSA) is 43.1 Å². The van der Waals surface area contributed by atoms with E-state index in [-0.39, 0.29) is 11.8 Å². The highest BCUT2D eigenvalue weighted by Gasteiger charge is 2.21. The van der Waals surface area contributed by atoms with E-state index in [0.29, 0.717) is 6.42 Å². The smallest absolute Gasteiger partial charge is 0.163 e. The highest BCUT2D eigenvalue weighted by atomic mass is 31.0. The molecule has 0 fully saturated rings. The quantitative estimate of drug-likeness (QED) is 0.793.